The number of hydrogen-bond acceptors (Lipinski definition) is 6. The van der Waals surface area contributed by atoms with Crippen LogP contribution in [0.15, 0.2) is 18.2 Å². The van der Waals surface area contributed by atoms with Crippen LogP contribution in [0.2, 0.25) is 0 Å². The number of thiazole rings is 1. The third-order valence-corrected chi connectivity index (χ3v) is 3.81. The Morgan fingerprint density at radius 1 is 1.55 bits per heavy atom. The van der Waals surface area contributed by atoms with Crippen LogP contribution in [0, 0.1) is 5.92 Å². The zero-order valence-corrected chi connectivity index (χ0v) is 10.9. The van der Waals surface area contributed by atoms with E-state index < -0.39 is 19.4 Å². The van der Waals surface area contributed by atoms with Crippen molar-refractivity contribution in [2.75, 3.05) is 5.32 Å². The number of nitrogens with zero attached hydrogens (tertiary/aromatic N) is 1. The number of halogens is 1. The summed E-state index contributed by atoms with van der Waals surface area (Å²) < 4.78 is 18.2. The first kappa shape index (κ1) is 13.3. The van der Waals surface area contributed by atoms with Gasteiger partial charge in [0, 0.05) is 0 Å². The summed E-state index contributed by atoms with van der Waals surface area (Å²) in [6.07, 6.45) is -0.779. The zero-order chi connectivity index (χ0) is 14.3. The van der Waals surface area contributed by atoms with E-state index in [-0.39, 0.29) is 18.1 Å². The Morgan fingerprint density at radius 3 is 2.95 bits per heavy atom. The van der Waals surface area contributed by atoms with Crippen LogP contribution in [0.5, 0.6) is 5.75 Å². The van der Waals surface area contributed by atoms with Crippen LogP contribution < -0.4 is 9.97 Å². The minimum absolute atomic E-state index is 0.267. The van der Waals surface area contributed by atoms with Gasteiger partial charge in [-0.1, -0.05) is 11.3 Å². The lowest BCUT2D eigenvalue weighted by atomic mass is 10.2. The molecule has 1 aromatic heterocycles. The van der Waals surface area contributed by atoms with Crippen LogP contribution in [-0.4, -0.2) is 34.4 Å². The molecule has 1 heterocycles. The number of amides is 1. The molecule has 0 unspecified atom stereocenters. The summed E-state index contributed by atoms with van der Waals surface area (Å²) in [7, 11) is -1.89. The van der Waals surface area contributed by atoms with E-state index in [0.29, 0.717) is 15.3 Å². The van der Waals surface area contributed by atoms with Crippen molar-refractivity contribution in [3.8, 4) is 5.75 Å². The van der Waals surface area contributed by atoms with Crippen molar-refractivity contribution < 1.29 is 23.9 Å². The molecule has 0 radical (unpaired) electrons. The van der Waals surface area contributed by atoms with E-state index in [1.54, 1.807) is 12.1 Å². The number of anilines is 1. The number of carbonyl (C=O) groups excluding carboxylic acids is 1. The van der Waals surface area contributed by atoms with Gasteiger partial charge in [-0.25, -0.2) is 9.37 Å². The van der Waals surface area contributed by atoms with Gasteiger partial charge in [0.2, 0.25) is 5.91 Å². The van der Waals surface area contributed by atoms with Crippen molar-refractivity contribution in [3.63, 3.8) is 0 Å². The van der Waals surface area contributed by atoms with E-state index >= 15 is 0 Å². The van der Waals surface area contributed by atoms with Gasteiger partial charge in [0.1, 0.15) is 11.9 Å². The molecule has 1 amide bonds. The standard InChI is InChI=1S/C11H10BFN2O4S/c13-7-4-6(7)10(16)15-11-14-8-2-1-5(19-12(17)18)3-9(8)20-11/h1-3,6-7,17-18H,4H2,(H,14,15,16)/t6-,7+/m1/s1. The second-order valence-corrected chi connectivity index (χ2v) is 5.47. The molecule has 6 nitrogen and oxygen atoms in total. The average Bonchev–Trinajstić information content (AvgIpc) is 2.96. The highest BCUT2D eigenvalue weighted by Crippen LogP contribution is 2.36. The Balaban J connectivity index is 1.78. The molecule has 1 aromatic carbocycles. The molecule has 1 fully saturated rings. The summed E-state index contributed by atoms with van der Waals surface area (Å²) in [4.78, 5) is 15.8. The van der Waals surface area contributed by atoms with Crippen molar-refractivity contribution >= 4 is 39.9 Å². The van der Waals surface area contributed by atoms with Crippen LogP contribution in [-0.2, 0) is 4.79 Å². The number of nitrogens with one attached hydrogen (secondary N) is 1. The fourth-order valence-corrected chi connectivity index (χ4v) is 2.68. The van der Waals surface area contributed by atoms with Gasteiger partial charge in [0.25, 0.3) is 0 Å². The first-order chi connectivity index (χ1) is 9.52. The number of alkyl halides is 1. The highest BCUT2D eigenvalue weighted by atomic mass is 32.1. The molecule has 9 heteroatoms. The normalized spacial score (nSPS) is 20.8. The molecule has 3 N–H and O–H groups in total. The summed E-state index contributed by atoms with van der Waals surface area (Å²) in [5.41, 5.74) is 0.637. The van der Waals surface area contributed by atoms with Gasteiger partial charge >= 0.3 is 7.32 Å². The maximum absolute atomic E-state index is 12.8. The molecule has 2 aromatic rings. The molecule has 2 atom stereocenters. The van der Waals surface area contributed by atoms with Crippen molar-refractivity contribution in [3.05, 3.63) is 18.2 Å². The Kier molecular flexibility index (Phi) is 3.32. The molecule has 20 heavy (non-hydrogen) atoms. The Morgan fingerprint density at radius 2 is 2.30 bits per heavy atom. The number of rotatable bonds is 4. The van der Waals surface area contributed by atoms with Gasteiger partial charge in [0.05, 0.1) is 16.1 Å². The third kappa shape index (κ3) is 2.74. The molecule has 3 rings (SSSR count). The van der Waals surface area contributed by atoms with E-state index in [9.17, 15) is 9.18 Å². The van der Waals surface area contributed by atoms with Gasteiger partial charge < -0.3 is 20.0 Å². The minimum Gasteiger partial charge on any atom is -0.512 e. The van der Waals surface area contributed by atoms with Gasteiger partial charge in [-0.05, 0) is 24.6 Å². The van der Waals surface area contributed by atoms with E-state index in [2.05, 4.69) is 10.3 Å². The maximum Gasteiger partial charge on any atom is 0.707 e. The monoisotopic (exact) mass is 296 g/mol. The Labute approximate surface area is 117 Å². The largest absolute Gasteiger partial charge is 0.707 e. The van der Waals surface area contributed by atoms with Crippen LogP contribution >= 0.6 is 11.3 Å². The summed E-state index contributed by atoms with van der Waals surface area (Å²) in [5.74, 6) is -0.649. The molecular weight excluding hydrogens is 286 g/mol. The number of benzene rings is 1. The average molecular weight is 296 g/mol. The van der Waals surface area contributed by atoms with E-state index in [1.165, 1.54) is 17.4 Å². The third-order valence-electron chi connectivity index (χ3n) is 2.88. The van der Waals surface area contributed by atoms with Crippen LogP contribution in [0.1, 0.15) is 6.42 Å². The first-order valence-corrected chi connectivity index (χ1v) is 6.73. The molecule has 0 bridgehead atoms. The smallest absolute Gasteiger partial charge is 0.512 e. The molecule has 1 saturated carbocycles. The van der Waals surface area contributed by atoms with Crippen molar-refractivity contribution in [2.24, 2.45) is 5.92 Å². The van der Waals surface area contributed by atoms with E-state index in [4.69, 9.17) is 14.7 Å². The fourth-order valence-electron chi connectivity index (χ4n) is 1.79. The molecular formula is C11H10BFN2O4S. The second-order valence-electron chi connectivity index (χ2n) is 4.44. The zero-order valence-electron chi connectivity index (χ0n) is 10.1. The Hall–Kier alpha value is -1.71. The molecule has 104 valence electrons. The highest BCUT2D eigenvalue weighted by Gasteiger charge is 2.43. The van der Waals surface area contributed by atoms with Gasteiger partial charge in [-0.15, -0.1) is 0 Å². The lowest BCUT2D eigenvalue weighted by Gasteiger charge is -2.02. The van der Waals surface area contributed by atoms with E-state index in [0.717, 1.165) is 0 Å². The predicted octanol–water partition coefficient (Wildman–Crippen LogP) is 0.941. The first-order valence-electron chi connectivity index (χ1n) is 5.91. The summed E-state index contributed by atoms with van der Waals surface area (Å²) >= 11 is 1.20. The quantitative estimate of drug-likeness (QED) is 0.730. The van der Waals surface area contributed by atoms with Crippen LogP contribution in [0.4, 0.5) is 9.52 Å². The van der Waals surface area contributed by atoms with Crippen molar-refractivity contribution in [1.82, 2.24) is 4.98 Å². The SMILES string of the molecule is O=C(Nc1nc2ccc(OB(O)O)cc2s1)[C@@H]1C[C@@H]1F. The summed E-state index contributed by atoms with van der Waals surface area (Å²) in [6, 6.07) is 4.75. The van der Waals surface area contributed by atoms with Gasteiger partial charge in [0.15, 0.2) is 5.13 Å². The molecule has 0 saturated heterocycles. The minimum atomic E-state index is -1.89. The summed E-state index contributed by atoms with van der Waals surface area (Å²) in [6.45, 7) is 0. The molecule has 1 aliphatic carbocycles. The lowest BCUT2D eigenvalue weighted by Crippen LogP contribution is -2.20. The van der Waals surface area contributed by atoms with Crippen LogP contribution in [0.3, 0.4) is 0 Å². The molecule has 0 aliphatic heterocycles. The highest BCUT2D eigenvalue weighted by molar-refractivity contribution is 7.22. The number of aromatic nitrogens is 1. The van der Waals surface area contributed by atoms with Crippen molar-refractivity contribution in [2.45, 2.75) is 12.6 Å². The number of fused-ring (bicyclic) bond motifs is 1. The molecule has 1 aliphatic rings. The summed E-state index contributed by atoms with van der Waals surface area (Å²) in [5, 5.41) is 20.4. The number of hydrogen-bond donors (Lipinski definition) is 3. The predicted molar refractivity (Wildman–Crippen MR) is 72.1 cm³/mol. The number of carbonyl (C=O) groups is 1. The van der Waals surface area contributed by atoms with Crippen molar-refractivity contribution in [1.29, 1.82) is 0 Å². The topological polar surface area (TPSA) is 91.7 Å². The molecule has 0 spiro atoms. The van der Waals surface area contributed by atoms with Crippen LogP contribution in [0.25, 0.3) is 10.2 Å². The second kappa shape index (κ2) is 5.00. The van der Waals surface area contributed by atoms with Gasteiger partial charge in [-0.2, -0.15) is 0 Å². The Bertz CT molecular complexity index is 665. The van der Waals surface area contributed by atoms with E-state index in [1.807, 2.05) is 0 Å². The lowest BCUT2D eigenvalue weighted by molar-refractivity contribution is -0.117. The maximum atomic E-state index is 12.8. The fraction of sp³-hybridized carbons (Fsp3) is 0.273. The van der Waals surface area contributed by atoms with Gasteiger partial charge in [-0.3, -0.25) is 4.79 Å².